The van der Waals surface area contributed by atoms with Crippen molar-refractivity contribution < 1.29 is 4.79 Å². The molecule has 5 nitrogen and oxygen atoms in total. The van der Waals surface area contributed by atoms with E-state index in [0.29, 0.717) is 28.5 Å². The Morgan fingerprint density at radius 1 is 1.03 bits per heavy atom. The summed E-state index contributed by atoms with van der Waals surface area (Å²) >= 11 is 1.31. The minimum absolute atomic E-state index is 0.0557. The first kappa shape index (κ1) is 22.1. The number of amides is 1. The number of benzene rings is 2. The highest BCUT2D eigenvalue weighted by Crippen LogP contribution is 2.29. The van der Waals surface area contributed by atoms with Gasteiger partial charge in [0.05, 0.1) is 21.8 Å². The number of nitrogens with zero attached hydrogens (tertiary/aromatic N) is 2. The fourth-order valence-electron chi connectivity index (χ4n) is 3.24. The van der Waals surface area contributed by atoms with Crippen LogP contribution in [0.25, 0.3) is 16.6 Å². The molecule has 0 aliphatic rings. The average molecular weight is 424 g/mol. The molecule has 3 rings (SSSR count). The van der Waals surface area contributed by atoms with Gasteiger partial charge in [-0.05, 0) is 42.5 Å². The minimum atomic E-state index is -0.380. The highest BCUT2D eigenvalue weighted by atomic mass is 32.2. The quantitative estimate of drug-likeness (QED) is 0.439. The SMILES string of the molecule is CC(C)CNC(=O)[C@H](C)Sc1nc2ccccc2c(=O)n1-c1ccccc1C(C)C. The molecule has 2 aromatic carbocycles. The molecule has 0 saturated heterocycles. The Morgan fingerprint density at radius 3 is 2.40 bits per heavy atom. The van der Waals surface area contributed by atoms with Gasteiger partial charge in [-0.2, -0.15) is 0 Å². The fraction of sp³-hybridized carbons (Fsp3) is 0.375. The molecule has 0 spiro atoms. The van der Waals surface area contributed by atoms with E-state index in [2.05, 4.69) is 33.0 Å². The van der Waals surface area contributed by atoms with Crippen molar-refractivity contribution in [2.45, 2.75) is 50.9 Å². The zero-order valence-corrected chi connectivity index (χ0v) is 19.0. The van der Waals surface area contributed by atoms with Gasteiger partial charge in [-0.25, -0.2) is 4.98 Å². The van der Waals surface area contributed by atoms with Crippen molar-refractivity contribution in [3.8, 4) is 5.69 Å². The Balaban J connectivity index is 2.13. The molecule has 1 N–H and O–H groups in total. The molecule has 0 aliphatic carbocycles. The van der Waals surface area contributed by atoms with Crippen LogP contribution in [0.4, 0.5) is 0 Å². The molecule has 1 amide bonds. The van der Waals surface area contributed by atoms with Gasteiger partial charge in [0, 0.05) is 6.54 Å². The third-order valence-corrected chi connectivity index (χ3v) is 5.93. The summed E-state index contributed by atoms with van der Waals surface area (Å²) in [6, 6.07) is 15.2. The molecule has 0 fully saturated rings. The molecule has 1 aromatic heterocycles. The summed E-state index contributed by atoms with van der Waals surface area (Å²) in [5, 5.41) is 3.68. The summed E-state index contributed by atoms with van der Waals surface area (Å²) in [5.74, 6) is 0.560. The van der Waals surface area contributed by atoms with Gasteiger partial charge in [0.2, 0.25) is 5.91 Å². The van der Waals surface area contributed by atoms with Gasteiger partial charge >= 0.3 is 0 Å². The van der Waals surface area contributed by atoms with Gasteiger partial charge in [-0.3, -0.25) is 14.2 Å². The van der Waals surface area contributed by atoms with Crippen molar-refractivity contribution in [3.63, 3.8) is 0 Å². The van der Waals surface area contributed by atoms with Gasteiger partial charge in [0.1, 0.15) is 0 Å². The third-order valence-electron chi connectivity index (χ3n) is 4.88. The normalized spacial score (nSPS) is 12.5. The van der Waals surface area contributed by atoms with E-state index < -0.39 is 0 Å². The zero-order chi connectivity index (χ0) is 21.8. The number of fused-ring (bicyclic) bond motifs is 1. The van der Waals surface area contributed by atoms with Crippen molar-refractivity contribution in [1.29, 1.82) is 0 Å². The second-order valence-corrected chi connectivity index (χ2v) is 9.47. The van der Waals surface area contributed by atoms with Crippen LogP contribution in [-0.4, -0.2) is 27.3 Å². The van der Waals surface area contributed by atoms with E-state index in [1.807, 2.05) is 49.4 Å². The maximum Gasteiger partial charge on any atom is 0.266 e. The summed E-state index contributed by atoms with van der Waals surface area (Å²) in [4.78, 5) is 30.9. The summed E-state index contributed by atoms with van der Waals surface area (Å²) < 4.78 is 1.66. The van der Waals surface area contributed by atoms with Crippen LogP contribution in [-0.2, 0) is 4.79 Å². The monoisotopic (exact) mass is 423 g/mol. The van der Waals surface area contributed by atoms with Gasteiger partial charge < -0.3 is 5.32 Å². The summed E-state index contributed by atoms with van der Waals surface area (Å²) in [6.45, 7) is 10.8. The number of para-hydroxylation sites is 2. The largest absolute Gasteiger partial charge is 0.355 e. The van der Waals surface area contributed by atoms with Gasteiger partial charge in [0.15, 0.2) is 5.16 Å². The second kappa shape index (κ2) is 9.47. The number of nitrogens with one attached hydrogen (secondary N) is 1. The lowest BCUT2D eigenvalue weighted by Crippen LogP contribution is -2.34. The molecule has 30 heavy (non-hydrogen) atoms. The standard InChI is InChI=1S/C24H29N3O2S/c1-15(2)14-25-22(28)17(5)30-24-26-20-12-8-6-11-19(20)23(29)27(24)21-13-9-7-10-18(21)16(3)4/h6-13,15-17H,14H2,1-5H3,(H,25,28)/t17-/m0/s1. The van der Waals surface area contributed by atoms with Crippen LogP contribution in [0, 0.1) is 5.92 Å². The van der Waals surface area contributed by atoms with E-state index in [-0.39, 0.29) is 22.6 Å². The molecule has 0 radical (unpaired) electrons. The molecule has 0 unspecified atom stereocenters. The Morgan fingerprint density at radius 2 is 1.70 bits per heavy atom. The molecule has 0 aliphatic heterocycles. The molecular weight excluding hydrogens is 394 g/mol. The Bertz CT molecular complexity index is 1110. The maximum absolute atomic E-state index is 13.5. The van der Waals surface area contributed by atoms with Crippen molar-refractivity contribution >= 4 is 28.6 Å². The highest BCUT2D eigenvalue weighted by molar-refractivity contribution is 8.00. The summed E-state index contributed by atoms with van der Waals surface area (Å²) in [7, 11) is 0. The van der Waals surface area contributed by atoms with Crippen LogP contribution >= 0.6 is 11.8 Å². The minimum Gasteiger partial charge on any atom is -0.355 e. The van der Waals surface area contributed by atoms with Gasteiger partial charge in [-0.1, -0.05) is 69.8 Å². The van der Waals surface area contributed by atoms with Crippen molar-refractivity contribution in [2.75, 3.05) is 6.54 Å². The number of rotatable bonds is 7. The molecule has 3 aromatic rings. The number of carbonyl (C=O) groups is 1. The van der Waals surface area contributed by atoms with Crippen molar-refractivity contribution in [3.05, 3.63) is 64.4 Å². The van der Waals surface area contributed by atoms with E-state index in [0.717, 1.165) is 11.3 Å². The Labute approximate surface area is 181 Å². The lowest BCUT2D eigenvalue weighted by atomic mass is 10.0. The maximum atomic E-state index is 13.5. The average Bonchev–Trinajstić information content (AvgIpc) is 2.72. The van der Waals surface area contributed by atoms with E-state index in [1.54, 1.807) is 10.6 Å². The molecule has 6 heteroatoms. The Hall–Kier alpha value is -2.60. The first-order valence-electron chi connectivity index (χ1n) is 10.3. The topological polar surface area (TPSA) is 64.0 Å². The van der Waals surface area contributed by atoms with E-state index in [4.69, 9.17) is 4.98 Å². The Kier molecular flexibility index (Phi) is 6.98. The van der Waals surface area contributed by atoms with Gasteiger partial charge in [-0.15, -0.1) is 0 Å². The zero-order valence-electron chi connectivity index (χ0n) is 18.2. The molecular formula is C24H29N3O2S. The summed E-state index contributed by atoms with van der Waals surface area (Å²) in [6.07, 6.45) is 0. The lowest BCUT2D eigenvalue weighted by molar-refractivity contribution is -0.120. The predicted molar refractivity (Wildman–Crippen MR) is 125 cm³/mol. The van der Waals surface area contributed by atoms with Crippen LogP contribution in [0.5, 0.6) is 0 Å². The highest BCUT2D eigenvalue weighted by Gasteiger charge is 2.21. The number of aromatic nitrogens is 2. The van der Waals surface area contributed by atoms with E-state index >= 15 is 0 Å². The first-order valence-corrected chi connectivity index (χ1v) is 11.2. The van der Waals surface area contributed by atoms with Crippen molar-refractivity contribution in [2.24, 2.45) is 5.92 Å². The molecule has 1 heterocycles. The van der Waals surface area contributed by atoms with Crippen LogP contribution in [0.15, 0.2) is 58.5 Å². The fourth-order valence-corrected chi connectivity index (χ4v) is 4.19. The van der Waals surface area contributed by atoms with Crippen molar-refractivity contribution in [1.82, 2.24) is 14.9 Å². The summed E-state index contributed by atoms with van der Waals surface area (Å²) in [5.41, 5.74) is 2.40. The van der Waals surface area contributed by atoms with Gasteiger partial charge in [0.25, 0.3) is 5.56 Å². The van der Waals surface area contributed by atoms with E-state index in [9.17, 15) is 9.59 Å². The molecule has 0 bridgehead atoms. The first-order chi connectivity index (χ1) is 14.3. The number of hydrogen-bond donors (Lipinski definition) is 1. The number of hydrogen-bond acceptors (Lipinski definition) is 4. The van der Waals surface area contributed by atoms with Crippen LogP contribution in [0.3, 0.4) is 0 Å². The second-order valence-electron chi connectivity index (χ2n) is 8.16. The third kappa shape index (κ3) is 4.75. The van der Waals surface area contributed by atoms with E-state index in [1.165, 1.54) is 11.8 Å². The number of thioether (sulfide) groups is 1. The molecule has 158 valence electrons. The van der Waals surface area contributed by atoms with Crippen LogP contribution in [0.2, 0.25) is 0 Å². The van der Waals surface area contributed by atoms with Crippen LogP contribution < -0.4 is 10.9 Å². The lowest BCUT2D eigenvalue weighted by Gasteiger charge is -2.20. The smallest absolute Gasteiger partial charge is 0.266 e. The van der Waals surface area contributed by atoms with Crippen LogP contribution in [0.1, 0.15) is 46.1 Å². The number of carbonyl (C=O) groups excluding carboxylic acids is 1. The molecule has 1 atom stereocenters. The molecule has 0 saturated carbocycles. The predicted octanol–water partition coefficient (Wildman–Crippen LogP) is 4.76.